The highest BCUT2D eigenvalue weighted by molar-refractivity contribution is 5.86. The van der Waals surface area contributed by atoms with Gasteiger partial charge in [0.05, 0.1) is 6.07 Å². The lowest BCUT2D eigenvalue weighted by Gasteiger charge is -2.23. The summed E-state index contributed by atoms with van der Waals surface area (Å²) in [5.41, 5.74) is 0.778. The van der Waals surface area contributed by atoms with Gasteiger partial charge in [0.15, 0.2) is 0 Å². The molecule has 0 N–H and O–H groups in total. The molecule has 0 aliphatic rings. The van der Waals surface area contributed by atoms with Gasteiger partial charge < -0.3 is 4.90 Å². The van der Waals surface area contributed by atoms with Crippen molar-refractivity contribution in [2.45, 2.75) is 32.6 Å². The molecule has 1 aromatic rings. The number of carbonyl (C=O) groups excluding carboxylic acids is 1. The SMILES string of the molecule is CCCCN(CC)C(=O)C(C#N)c1ccccc1. The quantitative estimate of drug-likeness (QED) is 0.772. The molecule has 1 unspecified atom stereocenters. The van der Waals surface area contributed by atoms with Crippen LogP contribution >= 0.6 is 0 Å². The number of nitriles is 1. The highest BCUT2D eigenvalue weighted by Gasteiger charge is 2.24. The van der Waals surface area contributed by atoms with Gasteiger partial charge in [0.1, 0.15) is 5.92 Å². The third kappa shape index (κ3) is 3.59. The first-order chi connectivity index (χ1) is 8.74. The van der Waals surface area contributed by atoms with Gasteiger partial charge in [-0.25, -0.2) is 0 Å². The zero-order valence-electron chi connectivity index (χ0n) is 11.1. The second kappa shape index (κ2) is 7.50. The number of benzene rings is 1. The molecule has 0 aliphatic heterocycles. The largest absolute Gasteiger partial charge is 0.342 e. The molecule has 0 bridgehead atoms. The van der Waals surface area contributed by atoms with Crippen LogP contribution < -0.4 is 0 Å². The van der Waals surface area contributed by atoms with Crippen LogP contribution in [0.15, 0.2) is 30.3 Å². The second-order valence-corrected chi connectivity index (χ2v) is 4.24. The van der Waals surface area contributed by atoms with E-state index in [1.54, 1.807) is 4.90 Å². The predicted octanol–water partition coefficient (Wildman–Crippen LogP) is 2.94. The summed E-state index contributed by atoms with van der Waals surface area (Å²) in [6, 6.07) is 11.4. The van der Waals surface area contributed by atoms with Crippen LogP contribution in [0.5, 0.6) is 0 Å². The van der Waals surface area contributed by atoms with Crippen molar-refractivity contribution in [3.05, 3.63) is 35.9 Å². The zero-order valence-corrected chi connectivity index (χ0v) is 11.1. The Bertz CT molecular complexity index is 408. The van der Waals surface area contributed by atoms with Gasteiger partial charge in [0.2, 0.25) is 5.91 Å². The van der Waals surface area contributed by atoms with Crippen LogP contribution in [-0.2, 0) is 4.79 Å². The molecule has 1 amide bonds. The lowest BCUT2D eigenvalue weighted by Crippen LogP contribution is -2.35. The first-order valence-corrected chi connectivity index (χ1v) is 6.47. The predicted molar refractivity (Wildman–Crippen MR) is 72.0 cm³/mol. The number of rotatable bonds is 6. The van der Waals surface area contributed by atoms with E-state index < -0.39 is 5.92 Å². The van der Waals surface area contributed by atoms with E-state index in [2.05, 4.69) is 13.0 Å². The van der Waals surface area contributed by atoms with Crippen molar-refractivity contribution in [3.63, 3.8) is 0 Å². The van der Waals surface area contributed by atoms with Crippen molar-refractivity contribution in [1.82, 2.24) is 4.90 Å². The summed E-state index contributed by atoms with van der Waals surface area (Å²) in [5.74, 6) is -0.761. The van der Waals surface area contributed by atoms with Gasteiger partial charge >= 0.3 is 0 Å². The third-order valence-electron chi connectivity index (χ3n) is 2.98. The van der Waals surface area contributed by atoms with E-state index in [1.807, 2.05) is 37.3 Å². The number of carbonyl (C=O) groups is 1. The first-order valence-electron chi connectivity index (χ1n) is 6.47. The Morgan fingerprint density at radius 1 is 1.33 bits per heavy atom. The maximum atomic E-state index is 12.3. The molecule has 0 spiro atoms. The van der Waals surface area contributed by atoms with Gasteiger partial charge in [-0.05, 0) is 18.9 Å². The summed E-state index contributed by atoms with van der Waals surface area (Å²) in [7, 11) is 0. The first kappa shape index (κ1) is 14.2. The van der Waals surface area contributed by atoms with Gasteiger partial charge in [0, 0.05) is 13.1 Å². The van der Waals surface area contributed by atoms with Crippen molar-refractivity contribution >= 4 is 5.91 Å². The molecular formula is C15H20N2O. The van der Waals surface area contributed by atoms with E-state index in [0.29, 0.717) is 6.54 Å². The fourth-order valence-electron chi connectivity index (χ4n) is 1.87. The molecule has 3 heteroatoms. The summed E-state index contributed by atoms with van der Waals surface area (Å²) in [5, 5.41) is 9.22. The Hall–Kier alpha value is -1.82. The van der Waals surface area contributed by atoms with Crippen molar-refractivity contribution in [2.24, 2.45) is 0 Å². The molecule has 0 radical (unpaired) electrons. The van der Waals surface area contributed by atoms with E-state index in [0.717, 1.165) is 24.9 Å². The Balaban J connectivity index is 2.82. The van der Waals surface area contributed by atoms with E-state index in [1.165, 1.54) is 0 Å². The minimum absolute atomic E-state index is 0.0837. The minimum atomic E-state index is -0.678. The average Bonchev–Trinajstić information content (AvgIpc) is 2.42. The van der Waals surface area contributed by atoms with Crippen molar-refractivity contribution in [1.29, 1.82) is 5.26 Å². The Morgan fingerprint density at radius 3 is 2.50 bits per heavy atom. The number of likely N-dealkylation sites (N-methyl/N-ethyl adjacent to an activating group) is 1. The number of hydrogen-bond acceptors (Lipinski definition) is 2. The summed E-state index contributed by atoms with van der Waals surface area (Å²) in [6.45, 7) is 5.44. The second-order valence-electron chi connectivity index (χ2n) is 4.24. The maximum Gasteiger partial charge on any atom is 0.244 e. The van der Waals surface area contributed by atoms with Crippen LogP contribution in [0.2, 0.25) is 0 Å². The fraction of sp³-hybridized carbons (Fsp3) is 0.467. The van der Waals surface area contributed by atoms with E-state index in [-0.39, 0.29) is 5.91 Å². The molecule has 0 fully saturated rings. The summed E-state index contributed by atoms with van der Waals surface area (Å²) in [4.78, 5) is 14.1. The van der Waals surface area contributed by atoms with E-state index in [4.69, 9.17) is 0 Å². The van der Waals surface area contributed by atoms with Crippen LogP contribution in [0, 0.1) is 11.3 Å². The van der Waals surface area contributed by atoms with E-state index >= 15 is 0 Å². The van der Waals surface area contributed by atoms with Gasteiger partial charge in [0.25, 0.3) is 0 Å². The number of unbranched alkanes of at least 4 members (excludes halogenated alkanes) is 1. The van der Waals surface area contributed by atoms with Crippen LogP contribution in [-0.4, -0.2) is 23.9 Å². The monoisotopic (exact) mass is 244 g/mol. The summed E-state index contributed by atoms with van der Waals surface area (Å²) < 4.78 is 0. The molecular weight excluding hydrogens is 224 g/mol. The van der Waals surface area contributed by atoms with Gasteiger partial charge in [-0.1, -0.05) is 43.7 Å². The lowest BCUT2D eigenvalue weighted by atomic mass is 9.99. The molecule has 96 valence electrons. The van der Waals surface area contributed by atoms with Crippen LogP contribution in [0.4, 0.5) is 0 Å². The third-order valence-corrected chi connectivity index (χ3v) is 2.98. The molecule has 0 saturated heterocycles. The summed E-state index contributed by atoms with van der Waals surface area (Å²) >= 11 is 0. The number of amides is 1. The number of hydrogen-bond donors (Lipinski definition) is 0. The summed E-state index contributed by atoms with van der Waals surface area (Å²) in [6.07, 6.45) is 2.03. The molecule has 1 atom stereocenters. The Kier molecular flexibility index (Phi) is 5.93. The molecule has 0 aromatic heterocycles. The van der Waals surface area contributed by atoms with Crippen LogP contribution in [0.25, 0.3) is 0 Å². The van der Waals surface area contributed by atoms with Crippen LogP contribution in [0.1, 0.15) is 38.2 Å². The molecule has 18 heavy (non-hydrogen) atoms. The van der Waals surface area contributed by atoms with Crippen LogP contribution in [0.3, 0.4) is 0 Å². The standard InChI is InChI=1S/C15H20N2O/c1-3-5-11-17(4-2)15(18)14(12-16)13-9-7-6-8-10-13/h6-10,14H,3-5,11H2,1-2H3. The molecule has 1 aromatic carbocycles. The molecule has 3 nitrogen and oxygen atoms in total. The van der Waals surface area contributed by atoms with Crippen molar-refractivity contribution in [3.8, 4) is 6.07 Å². The zero-order chi connectivity index (χ0) is 13.4. The van der Waals surface area contributed by atoms with Crippen molar-refractivity contribution in [2.75, 3.05) is 13.1 Å². The normalized spacial score (nSPS) is 11.6. The number of nitrogens with zero attached hydrogens (tertiary/aromatic N) is 2. The minimum Gasteiger partial charge on any atom is -0.342 e. The molecule has 0 heterocycles. The average molecular weight is 244 g/mol. The van der Waals surface area contributed by atoms with Crippen molar-refractivity contribution < 1.29 is 4.79 Å². The molecule has 0 saturated carbocycles. The Morgan fingerprint density at radius 2 is 2.00 bits per heavy atom. The topological polar surface area (TPSA) is 44.1 Å². The van der Waals surface area contributed by atoms with Gasteiger partial charge in [-0.3, -0.25) is 4.79 Å². The molecule has 1 rings (SSSR count). The maximum absolute atomic E-state index is 12.3. The highest BCUT2D eigenvalue weighted by Crippen LogP contribution is 2.17. The molecule has 0 aliphatic carbocycles. The van der Waals surface area contributed by atoms with Gasteiger partial charge in [-0.2, -0.15) is 5.26 Å². The lowest BCUT2D eigenvalue weighted by molar-refractivity contribution is -0.131. The highest BCUT2D eigenvalue weighted by atomic mass is 16.2. The Labute approximate surface area is 109 Å². The smallest absolute Gasteiger partial charge is 0.244 e. The van der Waals surface area contributed by atoms with E-state index in [9.17, 15) is 10.1 Å². The van der Waals surface area contributed by atoms with Gasteiger partial charge in [-0.15, -0.1) is 0 Å². The fourth-order valence-corrected chi connectivity index (χ4v) is 1.87.